The van der Waals surface area contributed by atoms with Crippen molar-refractivity contribution in [1.29, 1.82) is 0 Å². The molecule has 1 amide bonds. The molecule has 0 aromatic heterocycles. The van der Waals surface area contributed by atoms with E-state index in [2.05, 4.69) is 5.32 Å². The Morgan fingerprint density at radius 1 is 1.22 bits per heavy atom. The topological polar surface area (TPSA) is 84.9 Å². The van der Waals surface area contributed by atoms with Crippen molar-refractivity contribution in [3.8, 4) is 5.75 Å². The smallest absolute Gasteiger partial charge is 0.311 e. The SMILES string of the molecule is CCC(CC)(CNC(=O)c1cccc(OCCOC)c1)C(=O)O. The third-order valence-corrected chi connectivity index (χ3v) is 4.05. The molecule has 0 radical (unpaired) electrons. The van der Waals surface area contributed by atoms with E-state index in [1.165, 1.54) is 0 Å². The molecule has 0 aliphatic rings. The summed E-state index contributed by atoms with van der Waals surface area (Å²) < 4.78 is 10.4. The van der Waals surface area contributed by atoms with E-state index in [-0.39, 0.29) is 12.5 Å². The predicted octanol–water partition coefficient (Wildman–Crippen LogP) is 2.33. The van der Waals surface area contributed by atoms with Crippen LogP contribution in [0.5, 0.6) is 5.75 Å². The maximum atomic E-state index is 12.2. The fourth-order valence-electron chi connectivity index (χ4n) is 2.20. The highest BCUT2D eigenvalue weighted by Gasteiger charge is 2.35. The first-order valence-electron chi connectivity index (χ1n) is 7.72. The Balaban J connectivity index is 2.70. The van der Waals surface area contributed by atoms with Gasteiger partial charge in [0.25, 0.3) is 5.91 Å². The van der Waals surface area contributed by atoms with E-state index < -0.39 is 11.4 Å². The summed E-state index contributed by atoms with van der Waals surface area (Å²) in [4.78, 5) is 23.7. The molecule has 0 bridgehead atoms. The second kappa shape index (κ2) is 9.15. The summed E-state index contributed by atoms with van der Waals surface area (Å²) in [6, 6.07) is 6.78. The number of rotatable bonds is 10. The first-order valence-corrected chi connectivity index (χ1v) is 7.72. The van der Waals surface area contributed by atoms with Gasteiger partial charge in [0.2, 0.25) is 0 Å². The Kier molecular flexibility index (Phi) is 7.54. The molecular weight excluding hydrogens is 298 g/mol. The monoisotopic (exact) mass is 323 g/mol. The van der Waals surface area contributed by atoms with Gasteiger partial charge in [-0.05, 0) is 31.0 Å². The molecule has 0 saturated heterocycles. The number of ether oxygens (including phenoxy) is 2. The molecule has 0 heterocycles. The average Bonchev–Trinajstić information content (AvgIpc) is 2.56. The zero-order valence-corrected chi connectivity index (χ0v) is 13.9. The van der Waals surface area contributed by atoms with E-state index in [0.717, 1.165) is 0 Å². The minimum absolute atomic E-state index is 0.100. The molecule has 6 nitrogen and oxygen atoms in total. The number of carbonyl (C=O) groups is 2. The normalized spacial score (nSPS) is 11.1. The average molecular weight is 323 g/mol. The largest absolute Gasteiger partial charge is 0.491 e. The number of hydrogen-bond acceptors (Lipinski definition) is 4. The molecule has 1 aromatic carbocycles. The van der Waals surface area contributed by atoms with E-state index in [9.17, 15) is 14.7 Å². The zero-order chi connectivity index (χ0) is 17.3. The lowest BCUT2D eigenvalue weighted by molar-refractivity contribution is -0.149. The number of nitrogens with one attached hydrogen (secondary N) is 1. The van der Waals surface area contributed by atoms with Crippen LogP contribution >= 0.6 is 0 Å². The minimum Gasteiger partial charge on any atom is -0.491 e. The van der Waals surface area contributed by atoms with Crippen LogP contribution in [0.25, 0.3) is 0 Å². The molecule has 0 aliphatic carbocycles. The first kappa shape index (κ1) is 19.0. The van der Waals surface area contributed by atoms with E-state index in [4.69, 9.17) is 9.47 Å². The third-order valence-electron chi connectivity index (χ3n) is 4.05. The zero-order valence-electron chi connectivity index (χ0n) is 13.9. The van der Waals surface area contributed by atoms with Gasteiger partial charge >= 0.3 is 5.97 Å². The van der Waals surface area contributed by atoms with Crippen molar-refractivity contribution in [3.05, 3.63) is 29.8 Å². The summed E-state index contributed by atoms with van der Waals surface area (Å²) in [7, 11) is 1.59. The lowest BCUT2D eigenvalue weighted by Gasteiger charge is -2.26. The van der Waals surface area contributed by atoms with Crippen LogP contribution in [0.3, 0.4) is 0 Å². The summed E-state index contributed by atoms with van der Waals surface area (Å²) in [5.41, 5.74) is -0.492. The van der Waals surface area contributed by atoms with Gasteiger partial charge in [0, 0.05) is 19.2 Å². The van der Waals surface area contributed by atoms with Crippen LogP contribution in [0.4, 0.5) is 0 Å². The lowest BCUT2D eigenvalue weighted by Crippen LogP contribution is -2.42. The van der Waals surface area contributed by atoms with Gasteiger partial charge in [-0.1, -0.05) is 19.9 Å². The predicted molar refractivity (Wildman–Crippen MR) is 86.8 cm³/mol. The molecule has 1 aromatic rings. The van der Waals surface area contributed by atoms with Crippen LogP contribution in [0.15, 0.2) is 24.3 Å². The quantitative estimate of drug-likeness (QED) is 0.646. The molecule has 1 rings (SSSR count). The maximum Gasteiger partial charge on any atom is 0.311 e. The first-order chi connectivity index (χ1) is 11.0. The Morgan fingerprint density at radius 2 is 1.91 bits per heavy atom. The Labute approximate surface area is 136 Å². The van der Waals surface area contributed by atoms with Crippen molar-refractivity contribution < 1.29 is 24.2 Å². The van der Waals surface area contributed by atoms with E-state index >= 15 is 0 Å². The molecule has 6 heteroatoms. The molecule has 0 atom stereocenters. The molecular formula is C17H25NO5. The van der Waals surface area contributed by atoms with Gasteiger partial charge in [0.1, 0.15) is 12.4 Å². The van der Waals surface area contributed by atoms with Crippen molar-refractivity contribution in [1.82, 2.24) is 5.32 Å². The van der Waals surface area contributed by atoms with Gasteiger partial charge in [-0.25, -0.2) is 0 Å². The fraction of sp³-hybridized carbons (Fsp3) is 0.529. The van der Waals surface area contributed by atoms with Gasteiger partial charge in [-0.15, -0.1) is 0 Å². The van der Waals surface area contributed by atoms with E-state index in [0.29, 0.717) is 37.4 Å². The summed E-state index contributed by atoms with van der Waals surface area (Å²) in [6.45, 7) is 4.59. The summed E-state index contributed by atoms with van der Waals surface area (Å²) in [5.74, 6) is -0.626. The molecule has 0 aliphatic heterocycles. The Morgan fingerprint density at radius 3 is 2.48 bits per heavy atom. The summed E-state index contributed by atoms with van der Waals surface area (Å²) in [6.07, 6.45) is 0.915. The van der Waals surface area contributed by atoms with Gasteiger partial charge < -0.3 is 19.9 Å². The minimum atomic E-state index is -0.928. The molecule has 23 heavy (non-hydrogen) atoms. The molecule has 128 valence electrons. The Hall–Kier alpha value is -2.08. The van der Waals surface area contributed by atoms with Crippen LogP contribution in [0.2, 0.25) is 0 Å². The van der Waals surface area contributed by atoms with Crippen molar-refractivity contribution in [3.63, 3.8) is 0 Å². The summed E-state index contributed by atoms with van der Waals surface area (Å²) >= 11 is 0. The highest BCUT2D eigenvalue weighted by molar-refractivity contribution is 5.94. The highest BCUT2D eigenvalue weighted by atomic mass is 16.5. The molecule has 0 spiro atoms. The van der Waals surface area contributed by atoms with Gasteiger partial charge in [0.15, 0.2) is 0 Å². The fourth-order valence-corrected chi connectivity index (χ4v) is 2.20. The number of aliphatic carboxylic acids is 1. The Bertz CT molecular complexity index is 525. The van der Waals surface area contributed by atoms with Gasteiger partial charge in [-0.2, -0.15) is 0 Å². The lowest BCUT2D eigenvalue weighted by atomic mass is 9.82. The number of amides is 1. The highest BCUT2D eigenvalue weighted by Crippen LogP contribution is 2.26. The standard InChI is InChI=1S/C17H25NO5/c1-4-17(5-2,16(20)21)12-18-15(19)13-7-6-8-14(11-13)23-10-9-22-3/h6-8,11H,4-5,9-10,12H2,1-3H3,(H,18,19)(H,20,21). The van der Waals surface area contributed by atoms with E-state index in [1.54, 1.807) is 31.4 Å². The third kappa shape index (κ3) is 5.25. The van der Waals surface area contributed by atoms with Crippen LogP contribution in [-0.2, 0) is 9.53 Å². The van der Waals surface area contributed by atoms with Crippen molar-refractivity contribution in [2.75, 3.05) is 26.9 Å². The number of hydrogen-bond donors (Lipinski definition) is 2. The van der Waals surface area contributed by atoms with Crippen LogP contribution in [-0.4, -0.2) is 43.9 Å². The van der Waals surface area contributed by atoms with Gasteiger partial charge in [0.05, 0.1) is 12.0 Å². The van der Waals surface area contributed by atoms with Crippen molar-refractivity contribution in [2.24, 2.45) is 5.41 Å². The number of carboxylic acid groups (broad SMARTS) is 1. The second-order valence-corrected chi connectivity index (χ2v) is 5.34. The molecule has 0 fully saturated rings. The van der Waals surface area contributed by atoms with Crippen LogP contribution in [0, 0.1) is 5.41 Å². The number of carboxylic acids is 1. The molecule has 0 saturated carbocycles. The number of methoxy groups -OCH3 is 1. The summed E-state index contributed by atoms with van der Waals surface area (Å²) in [5, 5.41) is 12.1. The van der Waals surface area contributed by atoms with Crippen LogP contribution in [0.1, 0.15) is 37.0 Å². The van der Waals surface area contributed by atoms with Gasteiger partial charge in [-0.3, -0.25) is 9.59 Å². The molecule has 0 unspecified atom stereocenters. The van der Waals surface area contributed by atoms with Crippen molar-refractivity contribution in [2.45, 2.75) is 26.7 Å². The second-order valence-electron chi connectivity index (χ2n) is 5.34. The van der Waals surface area contributed by atoms with Crippen molar-refractivity contribution >= 4 is 11.9 Å². The number of benzene rings is 1. The van der Waals surface area contributed by atoms with Crippen LogP contribution < -0.4 is 10.1 Å². The number of carbonyl (C=O) groups excluding carboxylic acids is 1. The van der Waals surface area contributed by atoms with E-state index in [1.807, 2.05) is 13.8 Å². The molecule has 2 N–H and O–H groups in total. The maximum absolute atomic E-state index is 12.2.